The number of methoxy groups -OCH3 is 1. The summed E-state index contributed by atoms with van der Waals surface area (Å²) in [7, 11) is 1.70. The number of nitrogens with zero attached hydrogens (tertiary/aromatic N) is 3. The molecule has 1 aliphatic heterocycles. The number of carbonyl (C=O) groups is 1. The minimum Gasteiger partial charge on any atom is -0.380 e. The molecule has 3 rings (SSSR count). The maximum Gasteiger partial charge on any atom is 0.234 e. The SMILES string of the molecule is CO[C@@H]1C[C@@H](c2n[nH]c(C)n2)N(CC(=O)NCc2ccccc2C)C1. The van der Waals surface area contributed by atoms with E-state index in [1.54, 1.807) is 7.11 Å². The maximum absolute atomic E-state index is 12.4. The molecular weight excluding hydrogens is 318 g/mol. The number of ether oxygens (including phenoxy) is 1. The van der Waals surface area contributed by atoms with Crippen molar-refractivity contribution in [3.63, 3.8) is 0 Å². The average Bonchev–Trinajstić information content (AvgIpc) is 3.20. The summed E-state index contributed by atoms with van der Waals surface area (Å²) in [5, 5.41) is 10.1. The van der Waals surface area contributed by atoms with Gasteiger partial charge in [0.25, 0.3) is 0 Å². The number of amides is 1. The van der Waals surface area contributed by atoms with Gasteiger partial charge >= 0.3 is 0 Å². The number of carbonyl (C=O) groups excluding carboxylic acids is 1. The summed E-state index contributed by atoms with van der Waals surface area (Å²) in [6.07, 6.45) is 0.881. The van der Waals surface area contributed by atoms with Crippen LogP contribution in [-0.4, -0.2) is 52.3 Å². The highest BCUT2D eigenvalue weighted by molar-refractivity contribution is 5.78. The van der Waals surface area contributed by atoms with Crippen LogP contribution in [0.1, 0.15) is 35.2 Å². The summed E-state index contributed by atoms with van der Waals surface area (Å²) >= 11 is 0. The van der Waals surface area contributed by atoms with Gasteiger partial charge in [-0.05, 0) is 31.4 Å². The highest BCUT2D eigenvalue weighted by atomic mass is 16.5. The zero-order valence-electron chi connectivity index (χ0n) is 15.0. The van der Waals surface area contributed by atoms with E-state index in [0.717, 1.165) is 23.6 Å². The standard InChI is InChI=1S/C18H25N5O2/c1-12-6-4-5-7-14(12)9-19-17(24)11-23-10-15(25-3)8-16(23)18-20-13(2)21-22-18/h4-7,15-16H,8-11H2,1-3H3,(H,19,24)(H,20,21,22)/t15-,16+/m1/s1. The molecule has 7 heteroatoms. The summed E-state index contributed by atoms with van der Waals surface area (Å²) in [5.41, 5.74) is 2.31. The molecule has 0 unspecified atom stereocenters. The fourth-order valence-electron chi connectivity index (χ4n) is 3.23. The Bertz CT molecular complexity index is 730. The summed E-state index contributed by atoms with van der Waals surface area (Å²) in [5.74, 6) is 1.50. The van der Waals surface area contributed by atoms with Gasteiger partial charge in [0.2, 0.25) is 5.91 Å². The Kier molecular flexibility index (Phi) is 5.45. The largest absolute Gasteiger partial charge is 0.380 e. The number of nitrogens with one attached hydrogen (secondary N) is 2. The number of H-pyrrole nitrogens is 1. The van der Waals surface area contributed by atoms with Crippen LogP contribution in [0.4, 0.5) is 0 Å². The predicted octanol–water partition coefficient (Wildman–Crippen LogP) is 1.50. The Balaban J connectivity index is 1.61. The lowest BCUT2D eigenvalue weighted by Crippen LogP contribution is -2.37. The van der Waals surface area contributed by atoms with Crippen molar-refractivity contribution in [1.82, 2.24) is 25.4 Å². The van der Waals surface area contributed by atoms with Crippen LogP contribution in [0.2, 0.25) is 0 Å². The average molecular weight is 343 g/mol. The van der Waals surface area contributed by atoms with Gasteiger partial charge < -0.3 is 10.1 Å². The summed E-state index contributed by atoms with van der Waals surface area (Å²) in [6, 6.07) is 8.07. The first-order valence-corrected chi connectivity index (χ1v) is 8.53. The number of rotatable bonds is 6. The quantitative estimate of drug-likeness (QED) is 0.830. The number of hydrogen-bond acceptors (Lipinski definition) is 5. The highest BCUT2D eigenvalue weighted by Gasteiger charge is 2.36. The van der Waals surface area contributed by atoms with E-state index in [1.807, 2.05) is 38.1 Å². The van der Waals surface area contributed by atoms with Crippen molar-refractivity contribution in [2.75, 3.05) is 20.2 Å². The lowest BCUT2D eigenvalue weighted by Gasteiger charge is -2.21. The Morgan fingerprint density at radius 2 is 2.20 bits per heavy atom. The van der Waals surface area contributed by atoms with E-state index < -0.39 is 0 Å². The molecule has 0 aliphatic carbocycles. The number of aromatic amines is 1. The molecule has 0 bridgehead atoms. The molecule has 0 radical (unpaired) electrons. The molecule has 25 heavy (non-hydrogen) atoms. The lowest BCUT2D eigenvalue weighted by molar-refractivity contribution is -0.122. The van der Waals surface area contributed by atoms with E-state index in [2.05, 4.69) is 25.4 Å². The van der Waals surface area contributed by atoms with Crippen molar-refractivity contribution in [3.05, 3.63) is 47.0 Å². The second kappa shape index (κ2) is 7.76. The fraction of sp³-hybridized carbons (Fsp3) is 0.500. The zero-order chi connectivity index (χ0) is 17.8. The summed E-state index contributed by atoms with van der Waals surface area (Å²) < 4.78 is 5.49. The van der Waals surface area contributed by atoms with Crippen LogP contribution >= 0.6 is 0 Å². The fourth-order valence-corrected chi connectivity index (χ4v) is 3.23. The van der Waals surface area contributed by atoms with E-state index in [-0.39, 0.29) is 18.1 Å². The molecule has 2 heterocycles. The van der Waals surface area contributed by atoms with Gasteiger partial charge in [-0.1, -0.05) is 24.3 Å². The molecule has 2 atom stereocenters. The van der Waals surface area contributed by atoms with Crippen LogP contribution in [0.3, 0.4) is 0 Å². The van der Waals surface area contributed by atoms with Crippen LogP contribution in [0.15, 0.2) is 24.3 Å². The van der Waals surface area contributed by atoms with Crippen LogP contribution < -0.4 is 5.32 Å². The van der Waals surface area contributed by atoms with Gasteiger partial charge in [0.05, 0.1) is 18.7 Å². The minimum atomic E-state index is -0.00253. The van der Waals surface area contributed by atoms with Crippen LogP contribution in [0, 0.1) is 13.8 Å². The number of aryl methyl sites for hydroxylation is 2. The van der Waals surface area contributed by atoms with Crippen molar-refractivity contribution in [2.45, 2.75) is 39.0 Å². The van der Waals surface area contributed by atoms with Gasteiger partial charge in [0.15, 0.2) is 5.82 Å². The molecule has 0 saturated carbocycles. The number of hydrogen-bond donors (Lipinski definition) is 2. The first kappa shape index (κ1) is 17.6. The highest BCUT2D eigenvalue weighted by Crippen LogP contribution is 2.30. The van der Waals surface area contributed by atoms with Crippen molar-refractivity contribution in [2.24, 2.45) is 0 Å². The smallest absolute Gasteiger partial charge is 0.234 e. The van der Waals surface area contributed by atoms with E-state index in [9.17, 15) is 4.79 Å². The van der Waals surface area contributed by atoms with Gasteiger partial charge in [0.1, 0.15) is 5.82 Å². The maximum atomic E-state index is 12.4. The van der Waals surface area contributed by atoms with Gasteiger partial charge in [-0.2, -0.15) is 5.10 Å². The molecular formula is C18H25N5O2. The first-order valence-electron chi connectivity index (χ1n) is 8.53. The van der Waals surface area contributed by atoms with E-state index in [0.29, 0.717) is 19.6 Å². The molecule has 2 aromatic rings. The third-order valence-corrected chi connectivity index (χ3v) is 4.69. The van der Waals surface area contributed by atoms with Gasteiger partial charge in [-0.25, -0.2) is 4.98 Å². The molecule has 1 aliphatic rings. The number of aromatic nitrogens is 3. The third-order valence-electron chi connectivity index (χ3n) is 4.69. The Morgan fingerprint density at radius 1 is 1.40 bits per heavy atom. The molecule has 2 N–H and O–H groups in total. The number of benzene rings is 1. The van der Waals surface area contributed by atoms with Gasteiger partial charge in [-0.15, -0.1) is 0 Å². The second-order valence-electron chi connectivity index (χ2n) is 6.52. The first-order chi connectivity index (χ1) is 12.1. The van der Waals surface area contributed by atoms with Crippen molar-refractivity contribution >= 4 is 5.91 Å². The van der Waals surface area contributed by atoms with E-state index in [4.69, 9.17) is 4.74 Å². The van der Waals surface area contributed by atoms with Crippen molar-refractivity contribution in [3.8, 4) is 0 Å². The Morgan fingerprint density at radius 3 is 2.88 bits per heavy atom. The molecule has 1 aromatic carbocycles. The van der Waals surface area contributed by atoms with Gasteiger partial charge in [0, 0.05) is 20.2 Å². The third kappa shape index (κ3) is 4.24. The Hall–Kier alpha value is -2.25. The molecule has 1 fully saturated rings. The van der Waals surface area contributed by atoms with Crippen LogP contribution in [-0.2, 0) is 16.1 Å². The van der Waals surface area contributed by atoms with E-state index >= 15 is 0 Å². The predicted molar refractivity (Wildman–Crippen MR) is 93.9 cm³/mol. The van der Waals surface area contributed by atoms with Crippen molar-refractivity contribution < 1.29 is 9.53 Å². The molecule has 1 amide bonds. The topological polar surface area (TPSA) is 83.1 Å². The Labute approximate surface area is 147 Å². The lowest BCUT2D eigenvalue weighted by atomic mass is 10.1. The molecule has 7 nitrogen and oxygen atoms in total. The van der Waals surface area contributed by atoms with Crippen LogP contribution in [0.25, 0.3) is 0 Å². The summed E-state index contributed by atoms with van der Waals surface area (Å²) in [4.78, 5) is 18.9. The minimum absolute atomic E-state index is 0.000823. The molecule has 0 spiro atoms. The van der Waals surface area contributed by atoms with Crippen LogP contribution in [0.5, 0.6) is 0 Å². The molecule has 1 aromatic heterocycles. The second-order valence-corrected chi connectivity index (χ2v) is 6.52. The van der Waals surface area contributed by atoms with E-state index in [1.165, 1.54) is 5.56 Å². The van der Waals surface area contributed by atoms with Crippen molar-refractivity contribution in [1.29, 1.82) is 0 Å². The monoisotopic (exact) mass is 343 g/mol. The number of likely N-dealkylation sites (tertiary alicyclic amines) is 1. The normalized spacial score (nSPS) is 20.8. The molecule has 1 saturated heterocycles. The van der Waals surface area contributed by atoms with Gasteiger partial charge in [-0.3, -0.25) is 14.8 Å². The summed E-state index contributed by atoms with van der Waals surface area (Å²) in [6.45, 7) is 5.47. The molecule has 134 valence electrons. The zero-order valence-corrected chi connectivity index (χ0v) is 15.0.